The molecule has 2 heterocycles. The van der Waals surface area contributed by atoms with Crippen molar-refractivity contribution in [2.45, 2.75) is 30.2 Å². The van der Waals surface area contributed by atoms with E-state index >= 15 is 4.39 Å². The minimum atomic E-state index is -2.73. The highest BCUT2D eigenvalue weighted by Crippen LogP contribution is 2.55. The van der Waals surface area contributed by atoms with Gasteiger partial charge in [0.15, 0.2) is 11.3 Å². The molecule has 23 heavy (non-hydrogen) atoms. The molecule has 0 radical (unpaired) electrons. The van der Waals surface area contributed by atoms with Crippen molar-refractivity contribution in [2.75, 3.05) is 13.2 Å². The van der Waals surface area contributed by atoms with Gasteiger partial charge in [-0.1, -0.05) is 18.2 Å². The summed E-state index contributed by atoms with van der Waals surface area (Å²) < 4.78 is 49.4. The Morgan fingerprint density at radius 1 is 1.30 bits per heavy atom. The van der Waals surface area contributed by atoms with Crippen molar-refractivity contribution in [3.8, 4) is 0 Å². The summed E-state index contributed by atoms with van der Waals surface area (Å²) in [6, 6.07) is 4.94. The van der Waals surface area contributed by atoms with Crippen LogP contribution in [0.5, 0.6) is 0 Å². The van der Waals surface area contributed by atoms with Gasteiger partial charge in [0.2, 0.25) is 0 Å². The van der Waals surface area contributed by atoms with E-state index in [9.17, 15) is 23.5 Å². The van der Waals surface area contributed by atoms with Gasteiger partial charge >= 0.3 is 6.09 Å². The van der Waals surface area contributed by atoms with Crippen molar-refractivity contribution in [1.29, 1.82) is 0 Å². The number of halogens is 3. The van der Waals surface area contributed by atoms with E-state index in [0.717, 1.165) is 13.0 Å². The molecule has 3 rings (SSSR count). The van der Waals surface area contributed by atoms with E-state index in [1.54, 1.807) is 0 Å². The van der Waals surface area contributed by atoms with Crippen LogP contribution in [-0.4, -0.2) is 46.6 Å². The van der Waals surface area contributed by atoms with Crippen molar-refractivity contribution in [3.05, 3.63) is 35.6 Å². The zero-order chi connectivity index (χ0) is 17.0. The molecular formula is C15H14F3NO4. The number of rotatable bonds is 1. The molecule has 1 N–H and O–H groups in total. The lowest BCUT2D eigenvalue weighted by molar-refractivity contribution is -0.170. The maximum atomic E-state index is 15.6. The number of amides is 2. The Morgan fingerprint density at radius 3 is 2.57 bits per heavy atom. The third kappa shape index (κ3) is 1.90. The molecule has 8 heteroatoms. The second kappa shape index (κ2) is 4.70. The summed E-state index contributed by atoms with van der Waals surface area (Å²) in [6.45, 7) is -0.382. The molecule has 0 aliphatic carbocycles. The van der Waals surface area contributed by atoms with Crippen LogP contribution in [-0.2, 0) is 15.1 Å². The molecule has 1 aromatic rings. The van der Waals surface area contributed by atoms with Crippen LogP contribution in [0.4, 0.5) is 18.0 Å². The van der Waals surface area contributed by atoms with Gasteiger partial charge in [-0.15, -0.1) is 0 Å². The Bertz CT molecular complexity index is 695. The summed E-state index contributed by atoms with van der Waals surface area (Å²) in [5.41, 5.74) is -7.88. The van der Waals surface area contributed by atoms with Gasteiger partial charge in [-0.3, -0.25) is 4.79 Å². The number of carboxylic acid groups (broad SMARTS) is 1. The number of imide groups is 1. The number of piperidine rings is 1. The second-order valence-electron chi connectivity index (χ2n) is 6.10. The first-order valence-corrected chi connectivity index (χ1v) is 6.94. The van der Waals surface area contributed by atoms with Gasteiger partial charge in [-0.25, -0.2) is 22.9 Å². The molecule has 2 aliphatic rings. The smallest absolute Gasteiger partial charge is 0.415 e. The van der Waals surface area contributed by atoms with Gasteiger partial charge in [0.25, 0.3) is 5.91 Å². The Balaban J connectivity index is 2.31. The lowest BCUT2D eigenvalue weighted by Gasteiger charge is -2.51. The van der Waals surface area contributed by atoms with Gasteiger partial charge in [0.05, 0.1) is 13.2 Å². The number of likely N-dealkylation sites (tertiary alicyclic amines) is 1. The molecule has 0 spiro atoms. The van der Waals surface area contributed by atoms with Gasteiger partial charge in [0.1, 0.15) is 11.4 Å². The highest BCUT2D eigenvalue weighted by Gasteiger charge is 2.72. The molecule has 2 unspecified atom stereocenters. The fourth-order valence-electron chi connectivity index (χ4n) is 3.57. The zero-order valence-electron chi connectivity index (χ0n) is 12.2. The average Bonchev–Trinajstić information content (AvgIpc) is 2.76. The van der Waals surface area contributed by atoms with Gasteiger partial charge in [-0.05, 0) is 13.0 Å². The summed E-state index contributed by atoms with van der Waals surface area (Å²) in [4.78, 5) is 24.0. The quantitative estimate of drug-likeness (QED) is 0.859. The molecule has 124 valence electrons. The van der Waals surface area contributed by atoms with Crippen molar-refractivity contribution in [3.63, 3.8) is 0 Å². The molecule has 5 nitrogen and oxygen atoms in total. The van der Waals surface area contributed by atoms with Crippen LogP contribution in [0.1, 0.15) is 18.9 Å². The summed E-state index contributed by atoms with van der Waals surface area (Å²) in [7, 11) is 0. The number of hydrogen-bond donors (Lipinski definition) is 1. The first-order chi connectivity index (χ1) is 10.7. The van der Waals surface area contributed by atoms with Crippen LogP contribution in [0.3, 0.4) is 0 Å². The minimum absolute atomic E-state index is 0.0575. The van der Waals surface area contributed by atoms with Crippen LogP contribution in [0.25, 0.3) is 0 Å². The van der Waals surface area contributed by atoms with Crippen LogP contribution < -0.4 is 0 Å². The SMILES string of the molecule is C[C@]1(F)CC2(F)COCC2(c2ccccc2F)N(C(=O)O)C1=O. The number of ether oxygens (including phenoxy) is 1. The summed E-state index contributed by atoms with van der Waals surface area (Å²) in [6.07, 6.45) is -2.76. The topological polar surface area (TPSA) is 66.8 Å². The molecule has 2 aliphatic heterocycles. The number of nitrogens with zero attached hydrogens (tertiary/aromatic N) is 1. The first kappa shape index (κ1) is 15.8. The van der Waals surface area contributed by atoms with Crippen LogP contribution in [0.15, 0.2) is 24.3 Å². The number of fused-ring (bicyclic) bond motifs is 1. The van der Waals surface area contributed by atoms with E-state index in [0.29, 0.717) is 0 Å². The predicted molar refractivity (Wildman–Crippen MR) is 71.7 cm³/mol. The maximum Gasteiger partial charge on any atom is 0.415 e. The largest absolute Gasteiger partial charge is 0.465 e. The molecule has 0 aromatic heterocycles. The number of hydrogen-bond acceptors (Lipinski definition) is 3. The first-order valence-electron chi connectivity index (χ1n) is 6.94. The summed E-state index contributed by atoms with van der Waals surface area (Å²) >= 11 is 0. The normalized spacial score (nSPS) is 36.9. The van der Waals surface area contributed by atoms with Crippen LogP contribution in [0.2, 0.25) is 0 Å². The molecule has 2 saturated heterocycles. The molecule has 2 fully saturated rings. The number of benzene rings is 1. The average molecular weight is 329 g/mol. The number of carbonyl (C=O) groups excluding carboxylic acids is 1. The molecule has 3 atom stereocenters. The number of carbonyl (C=O) groups is 2. The Labute approximate surface area is 129 Å². The minimum Gasteiger partial charge on any atom is -0.465 e. The lowest BCUT2D eigenvalue weighted by atomic mass is 9.68. The van der Waals surface area contributed by atoms with E-state index in [-0.39, 0.29) is 10.5 Å². The van der Waals surface area contributed by atoms with Crippen molar-refractivity contribution in [2.24, 2.45) is 0 Å². The Hall–Kier alpha value is -2.09. The van der Waals surface area contributed by atoms with E-state index in [1.807, 2.05) is 0 Å². The molecule has 1 aromatic carbocycles. The van der Waals surface area contributed by atoms with Crippen LogP contribution >= 0.6 is 0 Å². The fourth-order valence-corrected chi connectivity index (χ4v) is 3.57. The Kier molecular flexibility index (Phi) is 3.23. The highest BCUT2D eigenvalue weighted by atomic mass is 19.2. The highest BCUT2D eigenvalue weighted by molar-refractivity contribution is 5.98. The van der Waals surface area contributed by atoms with Gasteiger partial charge in [0, 0.05) is 12.0 Å². The van der Waals surface area contributed by atoms with Crippen molar-refractivity contribution in [1.82, 2.24) is 4.90 Å². The Morgan fingerprint density at radius 2 is 1.96 bits per heavy atom. The van der Waals surface area contributed by atoms with Crippen molar-refractivity contribution < 1.29 is 32.6 Å². The molecule has 2 amide bonds. The van der Waals surface area contributed by atoms with Crippen molar-refractivity contribution >= 4 is 12.0 Å². The van der Waals surface area contributed by atoms with E-state index in [1.165, 1.54) is 18.2 Å². The van der Waals surface area contributed by atoms with Gasteiger partial charge < -0.3 is 9.84 Å². The summed E-state index contributed by atoms with van der Waals surface area (Å²) in [5.74, 6) is -2.31. The number of alkyl halides is 2. The lowest BCUT2D eigenvalue weighted by Crippen LogP contribution is -2.71. The standard InChI is InChI=1S/C15H14F3NO4/c1-13(17)6-14(18)7-23-8-15(14,19(11(13)20)12(21)22)9-4-2-3-5-10(9)16/h2-5H,6-8H2,1H3,(H,21,22)/t13-,14?,15?/m0/s1. The predicted octanol–water partition coefficient (Wildman–Crippen LogP) is 2.40. The van der Waals surface area contributed by atoms with Crippen LogP contribution in [0, 0.1) is 5.82 Å². The summed E-state index contributed by atoms with van der Waals surface area (Å²) in [5, 5.41) is 9.41. The maximum absolute atomic E-state index is 15.6. The van der Waals surface area contributed by atoms with E-state index in [4.69, 9.17) is 4.74 Å². The molecular weight excluding hydrogens is 315 g/mol. The van der Waals surface area contributed by atoms with E-state index in [2.05, 4.69) is 0 Å². The third-order valence-electron chi connectivity index (χ3n) is 4.54. The monoisotopic (exact) mass is 329 g/mol. The second-order valence-corrected chi connectivity index (χ2v) is 6.10. The fraction of sp³-hybridized carbons (Fsp3) is 0.467. The molecule has 0 bridgehead atoms. The molecule has 0 saturated carbocycles. The van der Waals surface area contributed by atoms with Gasteiger partial charge in [-0.2, -0.15) is 0 Å². The zero-order valence-corrected chi connectivity index (χ0v) is 12.2. The third-order valence-corrected chi connectivity index (χ3v) is 4.54. The van der Waals surface area contributed by atoms with E-state index < -0.39 is 54.3 Å².